The number of hydrogen-bond donors (Lipinski definition) is 1. The van der Waals surface area contributed by atoms with Crippen molar-refractivity contribution in [3.63, 3.8) is 0 Å². The van der Waals surface area contributed by atoms with Gasteiger partial charge in [0.1, 0.15) is 18.0 Å². The van der Waals surface area contributed by atoms with E-state index in [0.717, 1.165) is 57.3 Å². The van der Waals surface area contributed by atoms with Crippen LogP contribution in [0.4, 0.5) is 11.6 Å². The molecule has 0 aliphatic carbocycles. The van der Waals surface area contributed by atoms with Crippen LogP contribution in [0.1, 0.15) is 33.1 Å². The molecule has 3 rings (SSSR count). The highest BCUT2D eigenvalue weighted by molar-refractivity contribution is 5.48. The van der Waals surface area contributed by atoms with Crippen LogP contribution in [0.15, 0.2) is 12.4 Å². The van der Waals surface area contributed by atoms with Gasteiger partial charge >= 0.3 is 0 Å². The van der Waals surface area contributed by atoms with E-state index >= 15 is 0 Å². The Morgan fingerprint density at radius 3 is 2.92 bits per heavy atom. The predicted octanol–water partition coefficient (Wildman–Crippen LogP) is 2.56. The van der Waals surface area contributed by atoms with Crippen LogP contribution >= 0.6 is 0 Å². The molecule has 2 aliphatic heterocycles. The maximum absolute atomic E-state index is 5.96. The first-order valence-electron chi connectivity index (χ1n) is 9.12. The van der Waals surface area contributed by atoms with E-state index in [0.29, 0.717) is 17.9 Å². The summed E-state index contributed by atoms with van der Waals surface area (Å²) < 4.78 is 11.4. The second-order valence-electron chi connectivity index (χ2n) is 7.34. The van der Waals surface area contributed by atoms with Crippen molar-refractivity contribution in [2.45, 2.75) is 45.3 Å². The van der Waals surface area contributed by atoms with Crippen molar-refractivity contribution in [3.05, 3.63) is 12.4 Å². The van der Waals surface area contributed by atoms with Gasteiger partial charge in [-0.05, 0) is 25.2 Å². The summed E-state index contributed by atoms with van der Waals surface area (Å²) in [6, 6.07) is 2.36. The Bertz CT molecular complexity index is 519. The first-order valence-corrected chi connectivity index (χ1v) is 9.12. The molecule has 2 aliphatic rings. The predicted molar refractivity (Wildman–Crippen MR) is 95.5 cm³/mol. The number of nitrogens with zero attached hydrogens (tertiary/aromatic N) is 3. The van der Waals surface area contributed by atoms with Crippen LogP contribution < -0.4 is 10.2 Å². The van der Waals surface area contributed by atoms with E-state index in [1.807, 2.05) is 6.07 Å². The van der Waals surface area contributed by atoms with E-state index < -0.39 is 0 Å². The number of aromatic nitrogens is 2. The number of hydrogen-bond acceptors (Lipinski definition) is 6. The van der Waals surface area contributed by atoms with Gasteiger partial charge in [-0.3, -0.25) is 0 Å². The minimum atomic E-state index is 0.241. The Kier molecular flexibility index (Phi) is 5.89. The summed E-state index contributed by atoms with van der Waals surface area (Å²) in [7, 11) is 2.09. The van der Waals surface area contributed by atoms with Gasteiger partial charge in [-0.1, -0.05) is 13.8 Å². The highest BCUT2D eigenvalue weighted by Gasteiger charge is 2.28. The first-order chi connectivity index (χ1) is 11.6. The third-order valence-corrected chi connectivity index (χ3v) is 4.96. The average molecular weight is 334 g/mol. The summed E-state index contributed by atoms with van der Waals surface area (Å²) in [5.41, 5.74) is 0. The van der Waals surface area contributed by atoms with E-state index in [4.69, 9.17) is 9.47 Å². The second-order valence-corrected chi connectivity index (χ2v) is 7.34. The molecule has 0 amide bonds. The quantitative estimate of drug-likeness (QED) is 0.863. The van der Waals surface area contributed by atoms with E-state index in [-0.39, 0.29) is 6.10 Å². The molecule has 6 nitrogen and oxygen atoms in total. The van der Waals surface area contributed by atoms with Crippen molar-refractivity contribution in [2.24, 2.45) is 11.8 Å². The number of nitrogens with one attached hydrogen (secondary N) is 1. The molecule has 3 unspecified atom stereocenters. The Labute approximate surface area is 145 Å². The monoisotopic (exact) mass is 334 g/mol. The highest BCUT2D eigenvalue weighted by atomic mass is 16.5. The maximum Gasteiger partial charge on any atom is 0.133 e. The summed E-state index contributed by atoms with van der Waals surface area (Å²) in [5, 5.41) is 3.57. The Morgan fingerprint density at radius 1 is 1.29 bits per heavy atom. The van der Waals surface area contributed by atoms with Gasteiger partial charge in [0.15, 0.2) is 0 Å². The van der Waals surface area contributed by atoms with E-state index in [1.54, 1.807) is 6.33 Å². The van der Waals surface area contributed by atoms with E-state index in [1.165, 1.54) is 0 Å². The van der Waals surface area contributed by atoms with Gasteiger partial charge in [-0.2, -0.15) is 0 Å². The van der Waals surface area contributed by atoms with Gasteiger partial charge in [0.2, 0.25) is 0 Å². The molecule has 1 N–H and O–H groups in total. The zero-order chi connectivity index (χ0) is 16.9. The Hall–Kier alpha value is -1.40. The van der Waals surface area contributed by atoms with Crippen molar-refractivity contribution in [1.29, 1.82) is 0 Å². The lowest BCUT2D eigenvalue weighted by Gasteiger charge is -2.35. The summed E-state index contributed by atoms with van der Waals surface area (Å²) in [6.07, 6.45) is 5.24. The largest absolute Gasteiger partial charge is 0.381 e. The third kappa shape index (κ3) is 4.36. The Morgan fingerprint density at radius 2 is 2.17 bits per heavy atom. The van der Waals surface area contributed by atoms with Gasteiger partial charge in [-0.25, -0.2) is 9.97 Å². The second kappa shape index (κ2) is 8.12. The lowest BCUT2D eigenvalue weighted by atomic mass is 9.94. The molecule has 6 heteroatoms. The van der Waals surface area contributed by atoms with Crippen LogP contribution in [0, 0.1) is 11.8 Å². The molecule has 24 heavy (non-hydrogen) atoms. The van der Waals surface area contributed by atoms with Crippen LogP contribution in [-0.4, -0.2) is 55.5 Å². The van der Waals surface area contributed by atoms with Gasteiger partial charge < -0.3 is 19.7 Å². The zero-order valence-electron chi connectivity index (χ0n) is 15.1. The molecule has 134 valence electrons. The molecule has 0 spiro atoms. The highest BCUT2D eigenvalue weighted by Crippen LogP contribution is 2.24. The lowest BCUT2D eigenvalue weighted by Crippen LogP contribution is -2.43. The van der Waals surface area contributed by atoms with E-state index in [2.05, 4.69) is 41.1 Å². The standard InChI is InChI=1S/C18H30N4O2/c1-13(2)18-15(5-4-7-24-18)21-16-9-17(20-12-19-16)22(3)10-14-6-8-23-11-14/h9,12-15,18H,4-8,10-11H2,1-3H3,(H,19,20,21). The number of rotatable bonds is 6. The fourth-order valence-electron chi connectivity index (χ4n) is 3.65. The Balaban J connectivity index is 1.63. The van der Waals surface area contributed by atoms with Crippen LogP contribution in [0.25, 0.3) is 0 Å². The molecule has 0 aromatic carbocycles. The van der Waals surface area contributed by atoms with Crippen LogP contribution in [0.2, 0.25) is 0 Å². The van der Waals surface area contributed by atoms with Crippen LogP contribution in [0.3, 0.4) is 0 Å². The molecule has 2 saturated heterocycles. The molecule has 0 bridgehead atoms. The smallest absolute Gasteiger partial charge is 0.133 e. The van der Waals surface area contributed by atoms with Crippen molar-refractivity contribution >= 4 is 11.6 Å². The molecule has 1 aromatic heterocycles. The molecular formula is C18H30N4O2. The fraction of sp³-hybridized carbons (Fsp3) is 0.778. The van der Waals surface area contributed by atoms with Crippen LogP contribution in [-0.2, 0) is 9.47 Å². The number of anilines is 2. The molecule has 0 radical (unpaired) electrons. The molecule has 2 fully saturated rings. The minimum absolute atomic E-state index is 0.241. The molecule has 3 atom stereocenters. The average Bonchev–Trinajstić information content (AvgIpc) is 3.08. The minimum Gasteiger partial charge on any atom is -0.381 e. The number of ether oxygens (including phenoxy) is 2. The fourth-order valence-corrected chi connectivity index (χ4v) is 3.65. The van der Waals surface area contributed by atoms with E-state index in [9.17, 15) is 0 Å². The summed E-state index contributed by atoms with van der Waals surface area (Å²) in [5.74, 6) is 2.93. The van der Waals surface area contributed by atoms with Gasteiger partial charge in [0.05, 0.1) is 18.8 Å². The van der Waals surface area contributed by atoms with Crippen molar-refractivity contribution in [2.75, 3.05) is 43.6 Å². The summed E-state index contributed by atoms with van der Waals surface area (Å²) >= 11 is 0. The topological polar surface area (TPSA) is 59.5 Å². The zero-order valence-corrected chi connectivity index (χ0v) is 15.1. The maximum atomic E-state index is 5.96. The third-order valence-electron chi connectivity index (χ3n) is 4.96. The SMILES string of the molecule is CC(C)C1OCCCC1Nc1cc(N(C)CC2CCOC2)ncn1. The van der Waals surface area contributed by atoms with Crippen molar-refractivity contribution in [1.82, 2.24) is 9.97 Å². The van der Waals surface area contributed by atoms with Gasteiger partial charge in [0.25, 0.3) is 0 Å². The van der Waals surface area contributed by atoms with Crippen molar-refractivity contribution < 1.29 is 9.47 Å². The molecular weight excluding hydrogens is 304 g/mol. The normalized spacial score (nSPS) is 27.4. The lowest BCUT2D eigenvalue weighted by molar-refractivity contribution is -0.0203. The van der Waals surface area contributed by atoms with Crippen LogP contribution in [0.5, 0.6) is 0 Å². The van der Waals surface area contributed by atoms with Gasteiger partial charge in [-0.15, -0.1) is 0 Å². The van der Waals surface area contributed by atoms with Crippen molar-refractivity contribution in [3.8, 4) is 0 Å². The molecule has 0 saturated carbocycles. The summed E-state index contributed by atoms with van der Waals surface area (Å²) in [4.78, 5) is 11.0. The summed E-state index contributed by atoms with van der Waals surface area (Å²) in [6.45, 7) is 8.00. The molecule has 3 heterocycles. The van der Waals surface area contributed by atoms with Gasteiger partial charge in [0, 0.05) is 38.8 Å². The first kappa shape index (κ1) is 17.4. The molecule has 1 aromatic rings.